The van der Waals surface area contributed by atoms with Gasteiger partial charge in [-0.15, -0.1) is 0 Å². The summed E-state index contributed by atoms with van der Waals surface area (Å²) in [6.45, 7) is 4.41. The minimum absolute atomic E-state index is 0.0415. The van der Waals surface area contributed by atoms with Gasteiger partial charge in [-0.25, -0.2) is 9.59 Å². The van der Waals surface area contributed by atoms with Crippen LogP contribution in [0.2, 0.25) is 0 Å². The number of aryl methyl sites for hydroxylation is 1. The first kappa shape index (κ1) is 21.7. The minimum Gasteiger partial charge on any atom is -0.497 e. The van der Waals surface area contributed by atoms with Crippen molar-refractivity contribution in [2.45, 2.75) is 20.8 Å². The second-order valence-electron chi connectivity index (χ2n) is 6.03. The highest BCUT2D eigenvalue weighted by atomic mass is 16.5. The molecule has 0 unspecified atom stereocenters. The van der Waals surface area contributed by atoms with Gasteiger partial charge in [0, 0.05) is 11.3 Å². The van der Waals surface area contributed by atoms with Crippen LogP contribution in [0.25, 0.3) is 0 Å². The smallest absolute Gasteiger partial charge is 0.355 e. The number of H-pyrrole nitrogens is 1. The number of aromatic nitrogens is 1. The normalized spacial score (nSPS) is 10.2. The quantitative estimate of drug-likeness (QED) is 0.678. The van der Waals surface area contributed by atoms with Crippen LogP contribution in [0.1, 0.15) is 49.4 Å². The van der Waals surface area contributed by atoms with Gasteiger partial charge < -0.3 is 19.2 Å². The zero-order chi connectivity index (χ0) is 21.6. The number of imide groups is 1. The standard InChI is InChI=1S/C20H22N2O7/c1-5-28-19(25)16-11(2)17(21-12(16)3)20(26)29-10-15(23)22-18(24)13-6-8-14(27-4)9-7-13/h6-9,21H,5,10H2,1-4H3,(H,22,23,24). The summed E-state index contributed by atoms with van der Waals surface area (Å²) >= 11 is 0. The van der Waals surface area contributed by atoms with Gasteiger partial charge in [-0.3, -0.25) is 14.9 Å². The van der Waals surface area contributed by atoms with Crippen LogP contribution >= 0.6 is 0 Å². The number of benzene rings is 1. The van der Waals surface area contributed by atoms with Crippen molar-refractivity contribution in [3.63, 3.8) is 0 Å². The summed E-state index contributed by atoms with van der Waals surface area (Å²) < 4.78 is 14.9. The van der Waals surface area contributed by atoms with Crippen molar-refractivity contribution in [1.82, 2.24) is 10.3 Å². The number of carbonyl (C=O) groups is 4. The molecule has 0 aliphatic carbocycles. The van der Waals surface area contributed by atoms with Crippen LogP contribution in [0.4, 0.5) is 0 Å². The van der Waals surface area contributed by atoms with Gasteiger partial charge in [0.2, 0.25) is 0 Å². The van der Waals surface area contributed by atoms with E-state index in [1.807, 2.05) is 0 Å². The summed E-state index contributed by atoms with van der Waals surface area (Å²) in [5.41, 5.74) is 1.35. The number of aromatic amines is 1. The molecule has 2 N–H and O–H groups in total. The van der Waals surface area contributed by atoms with E-state index in [9.17, 15) is 19.2 Å². The zero-order valence-corrected chi connectivity index (χ0v) is 16.6. The summed E-state index contributed by atoms with van der Waals surface area (Å²) in [5.74, 6) is -2.23. The maximum atomic E-state index is 12.3. The van der Waals surface area contributed by atoms with Crippen LogP contribution in [0.3, 0.4) is 0 Å². The van der Waals surface area contributed by atoms with E-state index in [-0.39, 0.29) is 23.4 Å². The molecule has 0 aliphatic heterocycles. The van der Waals surface area contributed by atoms with E-state index in [0.29, 0.717) is 17.0 Å². The van der Waals surface area contributed by atoms with Crippen LogP contribution < -0.4 is 10.1 Å². The molecule has 9 nitrogen and oxygen atoms in total. The maximum Gasteiger partial charge on any atom is 0.355 e. The Labute approximate surface area is 167 Å². The molecule has 1 aromatic carbocycles. The average molecular weight is 402 g/mol. The van der Waals surface area contributed by atoms with Gasteiger partial charge in [0.05, 0.1) is 19.3 Å². The Morgan fingerprint density at radius 2 is 1.66 bits per heavy atom. The van der Waals surface area contributed by atoms with E-state index >= 15 is 0 Å². The molecule has 0 bridgehead atoms. The van der Waals surface area contributed by atoms with Crippen molar-refractivity contribution >= 4 is 23.8 Å². The van der Waals surface area contributed by atoms with Gasteiger partial charge in [0.1, 0.15) is 11.4 Å². The number of hydrogen-bond acceptors (Lipinski definition) is 7. The second-order valence-corrected chi connectivity index (χ2v) is 6.03. The summed E-state index contributed by atoms with van der Waals surface area (Å²) in [6, 6.07) is 6.15. The largest absolute Gasteiger partial charge is 0.497 e. The Hall–Kier alpha value is -3.62. The molecule has 0 fully saturated rings. The van der Waals surface area contributed by atoms with Crippen molar-refractivity contribution in [3.8, 4) is 5.75 Å². The van der Waals surface area contributed by atoms with E-state index in [1.165, 1.54) is 19.2 Å². The van der Waals surface area contributed by atoms with Crippen molar-refractivity contribution in [2.75, 3.05) is 20.3 Å². The van der Waals surface area contributed by atoms with Gasteiger partial charge in [0.25, 0.3) is 11.8 Å². The molecule has 0 spiro atoms. The molecule has 29 heavy (non-hydrogen) atoms. The molecule has 154 valence electrons. The van der Waals surface area contributed by atoms with Gasteiger partial charge in [-0.1, -0.05) is 0 Å². The lowest BCUT2D eigenvalue weighted by atomic mass is 10.1. The molecule has 2 aromatic rings. The second kappa shape index (κ2) is 9.54. The predicted octanol–water partition coefficient (Wildman–Crippen LogP) is 1.93. The maximum absolute atomic E-state index is 12.3. The zero-order valence-electron chi connectivity index (χ0n) is 16.6. The molecular formula is C20H22N2O7. The Balaban J connectivity index is 1.96. The van der Waals surface area contributed by atoms with E-state index in [2.05, 4.69) is 10.3 Å². The third-order valence-electron chi connectivity index (χ3n) is 4.06. The monoisotopic (exact) mass is 402 g/mol. The SMILES string of the molecule is CCOC(=O)c1c(C)[nH]c(C(=O)OCC(=O)NC(=O)c2ccc(OC)cc2)c1C. The molecule has 0 saturated heterocycles. The summed E-state index contributed by atoms with van der Waals surface area (Å²) in [7, 11) is 1.50. The molecular weight excluding hydrogens is 380 g/mol. The fourth-order valence-electron chi connectivity index (χ4n) is 2.64. The Morgan fingerprint density at radius 3 is 2.24 bits per heavy atom. The van der Waals surface area contributed by atoms with Crippen LogP contribution in [0.5, 0.6) is 5.75 Å². The number of methoxy groups -OCH3 is 1. The third kappa shape index (κ3) is 5.22. The first-order valence-electron chi connectivity index (χ1n) is 8.80. The summed E-state index contributed by atoms with van der Waals surface area (Å²) in [4.78, 5) is 51.0. The lowest BCUT2D eigenvalue weighted by Gasteiger charge is -2.07. The van der Waals surface area contributed by atoms with Crippen molar-refractivity contribution < 1.29 is 33.4 Å². The number of carbonyl (C=O) groups excluding carboxylic acids is 4. The Kier molecular flexibility index (Phi) is 7.13. The molecule has 0 radical (unpaired) electrons. The predicted molar refractivity (Wildman–Crippen MR) is 102 cm³/mol. The minimum atomic E-state index is -0.826. The van der Waals surface area contributed by atoms with Crippen LogP contribution in [0.15, 0.2) is 24.3 Å². The highest BCUT2D eigenvalue weighted by Gasteiger charge is 2.24. The summed E-state index contributed by atoms with van der Waals surface area (Å²) in [6.07, 6.45) is 0. The fraction of sp³-hybridized carbons (Fsp3) is 0.300. The molecule has 1 aromatic heterocycles. The lowest BCUT2D eigenvalue weighted by molar-refractivity contribution is -0.123. The molecule has 0 saturated carbocycles. The van der Waals surface area contributed by atoms with Crippen molar-refractivity contribution in [2.24, 2.45) is 0 Å². The van der Waals surface area contributed by atoms with Crippen LogP contribution in [-0.4, -0.2) is 49.1 Å². The van der Waals surface area contributed by atoms with Gasteiger partial charge >= 0.3 is 11.9 Å². The van der Waals surface area contributed by atoms with E-state index in [1.54, 1.807) is 32.9 Å². The lowest BCUT2D eigenvalue weighted by Crippen LogP contribution is -2.34. The number of ether oxygens (including phenoxy) is 3. The molecule has 2 rings (SSSR count). The molecule has 2 amide bonds. The van der Waals surface area contributed by atoms with Gasteiger partial charge in [-0.2, -0.15) is 0 Å². The first-order valence-corrected chi connectivity index (χ1v) is 8.80. The topological polar surface area (TPSA) is 124 Å². The summed E-state index contributed by atoms with van der Waals surface area (Å²) in [5, 5.41) is 2.13. The number of amides is 2. The average Bonchev–Trinajstić information content (AvgIpc) is 3.00. The third-order valence-corrected chi connectivity index (χ3v) is 4.06. The highest BCUT2D eigenvalue weighted by Crippen LogP contribution is 2.19. The molecule has 0 atom stereocenters. The molecule has 9 heteroatoms. The van der Waals surface area contributed by atoms with Crippen LogP contribution in [-0.2, 0) is 14.3 Å². The number of rotatable bonds is 7. The molecule has 1 heterocycles. The number of nitrogens with one attached hydrogen (secondary N) is 2. The Morgan fingerprint density at radius 1 is 1.00 bits per heavy atom. The number of esters is 2. The van der Waals surface area contributed by atoms with E-state index in [4.69, 9.17) is 14.2 Å². The van der Waals surface area contributed by atoms with E-state index < -0.39 is 30.4 Å². The van der Waals surface area contributed by atoms with E-state index in [0.717, 1.165) is 0 Å². The Bertz CT molecular complexity index is 929. The fourth-order valence-corrected chi connectivity index (χ4v) is 2.64. The number of hydrogen-bond donors (Lipinski definition) is 2. The van der Waals surface area contributed by atoms with Crippen molar-refractivity contribution in [3.05, 3.63) is 52.3 Å². The van der Waals surface area contributed by atoms with Gasteiger partial charge in [-0.05, 0) is 50.6 Å². The van der Waals surface area contributed by atoms with Gasteiger partial charge in [0.15, 0.2) is 6.61 Å². The van der Waals surface area contributed by atoms with Crippen LogP contribution in [0, 0.1) is 13.8 Å². The molecule has 0 aliphatic rings. The first-order chi connectivity index (χ1) is 13.8. The van der Waals surface area contributed by atoms with Crippen molar-refractivity contribution in [1.29, 1.82) is 0 Å². The highest BCUT2D eigenvalue weighted by molar-refractivity contribution is 6.05.